The first-order valence-corrected chi connectivity index (χ1v) is 7.06. The summed E-state index contributed by atoms with van der Waals surface area (Å²) < 4.78 is 0. The molecule has 2 aromatic rings. The molecule has 2 heterocycles. The van der Waals surface area contributed by atoms with Gasteiger partial charge in [0.05, 0.1) is 10.7 Å². The van der Waals surface area contributed by atoms with Crippen molar-refractivity contribution in [2.24, 2.45) is 0 Å². The fourth-order valence-corrected chi connectivity index (χ4v) is 3.20. The minimum Gasteiger partial charge on any atom is -0.386 e. The Hall–Kier alpha value is -0.710. The number of thiazole rings is 1. The second kappa shape index (κ2) is 5.08. The van der Waals surface area contributed by atoms with Gasteiger partial charge in [-0.05, 0) is 25.5 Å². The number of thiophene rings is 1. The van der Waals surface area contributed by atoms with E-state index in [1.807, 2.05) is 12.3 Å². The summed E-state index contributed by atoms with van der Waals surface area (Å²) in [7, 11) is 0. The van der Waals surface area contributed by atoms with Crippen LogP contribution >= 0.6 is 22.7 Å². The summed E-state index contributed by atoms with van der Waals surface area (Å²) in [5, 5.41) is 13.0. The molecule has 1 N–H and O–H groups in total. The van der Waals surface area contributed by atoms with Gasteiger partial charge in [0.15, 0.2) is 0 Å². The number of aryl methyl sites for hydroxylation is 2. The Morgan fingerprint density at radius 3 is 2.69 bits per heavy atom. The highest BCUT2D eigenvalue weighted by Gasteiger charge is 2.12. The molecule has 0 radical (unpaired) electrons. The summed E-state index contributed by atoms with van der Waals surface area (Å²) in [5.41, 5.74) is 0.800. The summed E-state index contributed by atoms with van der Waals surface area (Å²) >= 11 is 3.36. The molecular formula is C12H15NOS2. The van der Waals surface area contributed by atoms with Gasteiger partial charge in [-0.1, -0.05) is 6.92 Å². The lowest BCUT2D eigenvalue weighted by molar-refractivity contribution is 0.175. The quantitative estimate of drug-likeness (QED) is 0.906. The van der Waals surface area contributed by atoms with Crippen molar-refractivity contribution in [1.29, 1.82) is 0 Å². The van der Waals surface area contributed by atoms with Crippen molar-refractivity contribution in [3.8, 4) is 0 Å². The van der Waals surface area contributed by atoms with Crippen LogP contribution in [0.5, 0.6) is 0 Å². The standard InChI is InChI=1S/C12H15NOS2/c1-3-9-4-5-10(16-9)6-12(14)11-7-15-8(2)13-11/h4-5,7,12,14H,3,6H2,1-2H3. The molecule has 0 amide bonds. The maximum atomic E-state index is 10.0. The molecule has 0 spiro atoms. The molecule has 0 saturated heterocycles. The second-order valence-corrected chi connectivity index (χ2v) is 6.05. The Morgan fingerprint density at radius 2 is 2.12 bits per heavy atom. The van der Waals surface area contributed by atoms with E-state index < -0.39 is 6.10 Å². The van der Waals surface area contributed by atoms with Crippen LogP contribution in [-0.2, 0) is 12.8 Å². The highest BCUT2D eigenvalue weighted by molar-refractivity contribution is 7.12. The third-order valence-electron chi connectivity index (χ3n) is 2.44. The first-order valence-electron chi connectivity index (χ1n) is 5.36. The van der Waals surface area contributed by atoms with Crippen LogP contribution < -0.4 is 0 Å². The molecular weight excluding hydrogens is 238 g/mol. The molecule has 1 unspecified atom stereocenters. The molecule has 86 valence electrons. The summed E-state index contributed by atoms with van der Waals surface area (Å²) in [5.74, 6) is 0. The predicted octanol–water partition coefficient (Wildman–Crippen LogP) is 3.35. The van der Waals surface area contributed by atoms with Crippen LogP contribution in [0.1, 0.15) is 33.5 Å². The van der Waals surface area contributed by atoms with E-state index >= 15 is 0 Å². The predicted molar refractivity (Wildman–Crippen MR) is 69.2 cm³/mol. The number of aromatic nitrogens is 1. The first-order chi connectivity index (χ1) is 7.69. The average Bonchev–Trinajstić information content (AvgIpc) is 2.87. The van der Waals surface area contributed by atoms with E-state index in [9.17, 15) is 5.11 Å². The van der Waals surface area contributed by atoms with Crippen LogP contribution in [-0.4, -0.2) is 10.1 Å². The fraction of sp³-hybridized carbons (Fsp3) is 0.417. The smallest absolute Gasteiger partial charge is 0.102 e. The van der Waals surface area contributed by atoms with Gasteiger partial charge in [0.25, 0.3) is 0 Å². The highest BCUT2D eigenvalue weighted by Crippen LogP contribution is 2.24. The molecule has 0 bridgehead atoms. The average molecular weight is 253 g/mol. The summed E-state index contributed by atoms with van der Waals surface area (Å²) in [6, 6.07) is 4.24. The molecule has 16 heavy (non-hydrogen) atoms. The van der Waals surface area contributed by atoms with Gasteiger partial charge in [-0.15, -0.1) is 22.7 Å². The van der Waals surface area contributed by atoms with E-state index in [0.717, 1.165) is 17.1 Å². The monoisotopic (exact) mass is 253 g/mol. The fourth-order valence-electron chi connectivity index (χ4n) is 1.55. The lowest BCUT2D eigenvalue weighted by Gasteiger charge is -2.05. The number of aliphatic hydroxyl groups excluding tert-OH is 1. The molecule has 0 aromatic carbocycles. The van der Waals surface area contributed by atoms with Crippen LogP contribution in [0, 0.1) is 6.92 Å². The topological polar surface area (TPSA) is 33.1 Å². The number of hydrogen-bond acceptors (Lipinski definition) is 4. The molecule has 0 aliphatic heterocycles. The van der Waals surface area contributed by atoms with Gasteiger partial charge in [-0.25, -0.2) is 4.98 Å². The van der Waals surface area contributed by atoms with E-state index in [2.05, 4.69) is 24.0 Å². The van der Waals surface area contributed by atoms with Crippen LogP contribution in [0.2, 0.25) is 0 Å². The first kappa shape index (κ1) is 11.8. The van der Waals surface area contributed by atoms with Gasteiger partial charge in [-0.3, -0.25) is 0 Å². The van der Waals surface area contributed by atoms with Crippen molar-refractivity contribution in [3.63, 3.8) is 0 Å². The molecule has 4 heteroatoms. The largest absolute Gasteiger partial charge is 0.386 e. The third-order valence-corrected chi connectivity index (χ3v) is 4.48. The van der Waals surface area contributed by atoms with Gasteiger partial charge < -0.3 is 5.11 Å². The maximum absolute atomic E-state index is 10.0. The van der Waals surface area contributed by atoms with E-state index in [1.54, 1.807) is 22.7 Å². The summed E-state index contributed by atoms with van der Waals surface area (Å²) in [4.78, 5) is 6.91. The van der Waals surface area contributed by atoms with Gasteiger partial charge in [-0.2, -0.15) is 0 Å². The van der Waals surface area contributed by atoms with Crippen molar-refractivity contribution in [2.45, 2.75) is 32.8 Å². The molecule has 0 aliphatic carbocycles. The Kier molecular flexibility index (Phi) is 3.74. The van der Waals surface area contributed by atoms with Crippen molar-refractivity contribution in [3.05, 3.63) is 38.0 Å². The summed E-state index contributed by atoms with van der Waals surface area (Å²) in [6.45, 7) is 4.11. The normalized spacial score (nSPS) is 12.9. The van der Waals surface area contributed by atoms with E-state index in [0.29, 0.717) is 6.42 Å². The van der Waals surface area contributed by atoms with Crippen LogP contribution in [0.25, 0.3) is 0 Å². The molecule has 1 atom stereocenters. The van der Waals surface area contributed by atoms with Crippen molar-refractivity contribution in [2.75, 3.05) is 0 Å². The van der Waals surface area contributed by atoms with Gasteiger partial charge >= 0.3 is 0 Å². The van der Waals surface area contributed by atoms with Crippen LogP contribution in [0.15, 0.2) is 17.5 Å². The van der Waals surface area contributed by atoms with Gasteiger partial charge in [0.2, 0.25) is 0 Å². The van der Waals surface area contributed by atoms with E-state index in [1.165, 1.54) is 9.75 Å². The van der Waals surface area contributed by atoms with E-state index in [4.69, 9.17) is 0 Å². The van der Waals surface area contributed by atoms with Crippen molar-refractivity contribution < 1.29 is 5.11 Å². The number of hydrogen-bond donors (Lipinski definition) is 1. The number of aliphatic hydroxyl groups is 1. The zero-order valence-corrected chi connectivity index (χ0v) is 11.1. The maximum Gasteiger partial charge on any atom is 0.102 e. The van der Waals surface area contributed by atoms with Crippen molar-refractivity contribution >= 4 is 22.7 Å². The second-order valence-electron chi connectivity index (χ2n) is 3.73. The number of nitrogens with zero attached hydrogens (tertiary/aromatic N) is 1. The SMILES string of the molecule is CCc1ccc(CC(O)c2csc(C)n2)s1. The molecule has 2 nitrogen and oxygen atoms in total. The molecule has 2 rings (SSSR count). The minimum atomic E-state index is -0.465. The highest BCUT2D eigenvalue weighted by atomic mass is 32.1. The number of rotatable bonds is 4. The zero-order chi connectivity index (χ0) is 11.5. The Balaban J connectivity index is 2.04. The molecule has 2 aromatic heterocycles. The lowest BCUT2D eigenvalue weighted by Crippen LogP contribution is -2.00. The van der Waals surface area contributed by atoms with Gasteiger partial charge in [0, 0.05) is 21.6 Å². The molecule has 0 aliphatic rings. The lowest BCUT2D eigenvalue weighted by atomic mass is 10.2. The third kappa shape index (κ3) is 2.70. The zero-order valence-electron chi connectivity index (χ0n) is 9.43. The molecule has 0 saturated carbocycles. The summed E-state index contributed by atoms with van der Waals surface area (Å²) in [6.07, 6.45) is 1.28. The van der Waals surface area contributed by atoms with Gasteiger partial charge in [0.1, 0.15) is 6.10 Å². The molecule has 0 fully saturated rings. The Morgan fingerprint density at radius 1 is 1.38 bits per heavy atom. The van der Waals surface area contributed by atoms with Crippen LogP contribution in [0.4, 0.5) is 0 Å². The van der Waals surface area contributed by atoms with E-state index in [-0.39, 0.29) is 0 Å². The Labute approximate surface area is 104 Å². The minimum absolute atomic E-state index is 0.465. The Bertz CT molecular complexity index is 461. The van der Waals surface area contributed by atoms with Crippen molar-refractivity contribution in [1.82, 2.24) is 4.98 Å². The van der Waals surface area contributed by atoms with Crippen LogP contribution in [0.3, 0.4) is 0 Å².